The molecule has 3 nitrogen and oxygen atoms in total. The van der Waals surface area contributed by atoms with E-state index in [-0.39, 0.29) is 5.97 Å². The third-order valence-corrected chi connectivity index (χ3v) is 3.31. The smallest absolute Gasteiger partial charge is 0.311 e. The molecule has 1 aromatic rings. The van der Waals surface area contributed by atoms with Crippen molar-refractivity contribution in [2.24, 2.45) is 5.92 Å². The lowest BCUT2D eigenvalue weighted by Gasteiger charge is -1.97. The molecule has 0 atom stereocenters. The number of esters is 1. The number of hydrogen-bond donors (Lipinski definition) is 0. The Morgan fingerprint density at radius 1 is 1.67 bits per heavy atom. The van der Waals surface area contributed by atoms with Gasteiger partial charge in [0.15, 0.2) is 0 Å². The van der Waals surface area contributed by atoms with Crippen molar-refractivity contribution < 1.29 is 9.53 Å². The fourth-order valence-corrected chi connectivity index (χ4v) is 2.36. The van der Waals surface area contributed by atoms with Gasteiger partial charge < -0.3 is 4.74 Å². The van der Waals surface area contributed by atoms with Gasteiger partial charge in [-0.1, -0.05) is 0 Å². The predicted molar refractivity (Wildman–Crippen MR) is 58.9 cm³/mol. The van der Waals surface area contributed by atoms with Crippen molar-refractivity contribution in [1.29, 1.82) is 0 Å². The minimum Gasteiger partial charge on any atom is -0.466 e. The van der Waals surface area contributed by atoms with Crippen LogP contribution >= 0.6 is 11.3 Å². The molecule has 1 saturated carbocycles. The van der Waals surface area contributed by atoms with E-state index in [9.17, 15) is 4.79 Å². The average molecular weight is 225 g/mol. The van der Waals surface area contributed by atoms with Gasteiger partial charge in [0.25, 0.3) is 0 Å². The Kier molecular flexibility index (Phi) is 3.36. The topological polar surface area (TPSA) is 39.2 Å². The number of aromatic nitrogens is 1. The Hall–Kier alpha value is -0.900. The number of carbonyl (C=O) groups is 1. The van der Waals surface area contributed by atoms with Crippen LogP contribution in [0.25, 0.3) is 0 Å². The number of hydrogen-bond acceptors (Lipinski definition) is 4. The highest BCUT2D eigenvalue weighted by Crippen LogP contribution is 2.33. The molecule has 82 valence electrons. The maximum atomic E-state index is 11.2. The molecule has 15 heavy (non-hydrogen) atoms. The zero-order valence-corrected chi connectivity index (χ0v) is 9.68. The van der Waals surface area contributed by atoms with Gasteiger partial charge in [0.05, 0.1) is 23.7 Å². The minimum atomic E-state index is -0.180. The molecular formula is C11H15NO2S. The van der Waals surface area contributed by atoms with Crippen molar-refractivity contribution in [3.63, 3.8) is 0 Å². The van der Waals surface area contributed by atoms with Crippen LogP contribution in [0.4, 0.5) is 0 Å². The van der Waals surface area contributed by atoms with E-state index in [2.05, 4.69) is 4.98 Å². The van der Waals surface area contributed by atoms with Crippen LogP contribution < -0.4 is 0 Å². The van der Waals surface area contributed by atoms with Crippen molar-refractivity contribution in [2.45, 2.75) is 32.6 Å². The SMILES string of the molecule is CCOC(=O)Cc1csc(CC2CC2)n1. The third kappa shape index (κ3) is 3.30. The fraction of sp³-hybridized carbons (Fsp3) is 0.636. The summed E-state index contributed by atoms with van der Waals surface area (Å²) in [6, 6.07) is 0. The maximum Gasteiger partial charge on any atom is 0.311 e. The van der Waals surface area contributed by atoms with Crippen LogP contribution in [0.15, 0.2) is 5.38 Å². The highest BCUT2D eigenvalue weighted by Gasteiger charge is 2.23. The van der Waals surface area contributed by atoms with E-state index in [4.69, 9.17) is 4.74 Å². The fourth-order valence-electron chi connectivity index (χ4n) is 1.45. The molecule has 0 spiro atoms. The monoisotopic (exact) mass is 225 g/mol. The average Bonchev–Trinajstić information content (AvgIpc) is 2.88. The normalized spacial score (nSPS) is 15.3. The lowest BCUT2D eigenvalue weighted by molar-refractivity contribution is -0.142. The van der Waals surface area contributed by atoms with Gasteiger partial charge in [-0.25, -0.2) is 4.98 Å². The van der Waals surface area contributed by atoms with E-state index in [0.29, 0.717) is 13.0 Å². The largest absolute Gasteiger partial charge is 0.466 e. The lowest BCUT2D eigenvalue weighted by Crippen LogP contribution is -2.07. The molecule has 0 bridgehead atoms. The summed E-state index contributed by atoms with van der Waals surface area (Å²) in [5, 5.41) is 3.13. The highest BCUT2D eigenvalue weighted by atomic mass is 32.1. The molecule has 0 unspecified atom stereocenters. The number of ether oxygens (including phenoxy) is 1. The van der Waals surface area contributed by atoms with Crippen LogP contribution in [0.5, 0.6) is 0 Å². The summed E-state index contributed by atoms with van der Waals surface area (Å²) in [7, 11) is 0. The summed E-state index contributed by atoms with van der Waals surface area (Å²) in [6.07, 6.45) is 4.09. The molecule has 1 heterocycles. The van der Waals surface area contributed by atoms with Gasteiger partial charge in [-0.05, 0) is 25.7 Å². The quantitative estimate of drug-likeness (QED) is 0.721. The second-order valence-electron chi connectivity index (χ2n) is 3.86. The van der Waals surface area contributed by atoms with Gasteiger partial charge >= 0.3 is 5.97 Å². The lowest BCUT2D eigenvalue weighted by atomic mass is 10.3. The Morgan fingerprint density at radius 3 is 3.13 bits per heavy atom. The minimum absolute atomic E-state index is 0.180. The first kappa shape index (κ1) is 10.6. The standard InChI is InChI=1S/C11H15NO2S/c1-2-14-11(13)6-9-7-15-10(12-9)5-8-3-4-8/h7-8H,2-6H2,1H3. The molecule has 2 rings (SSSR count). The van der Waals surface area contributed by atoms with Gasteiger partial charge in [-0.3, -0.25) is 4.79 Å². The van der Waals surface area contributed by atoms with Crippen molar-refractivity contribution in [2.75, 3.05) is 6.61 Å². The van der Waals surface area contributed by atoms with Crippen LogP contribution in [-0.4, -0.2) is 17.6 Å². The summed E-state index contributed by atoms with van der Waals surface area (Å²) in [5.41, 5.74) is 0.856. The molecule has 1 aliphatic carbocycles. The second kappa shape index (κ2) is 4.75. The van der Waals surface area contributed by atoms with Crippen molar-refractivity contribution in [3.8, 4) is 0 Å². The summed E-state index contributed by atoms with van der Waals surface area (Å²) >= 11 is 1.66. The van der Waals surface area contributed by atoms with E-state index in [1.54, 1.807) is 11.3 Å². The van der Waals surface area contributed by atoms with Crippen molar-refractivity contribution >= 4 is 17.3 Å². The second-order valence-corrected chi connectivity index (χ2v) is 4.80. The summed E-state index contributed by atoms with van der Waals surface area (Å²) in [6.45, 7) is 2.26. The molecule has 4 heteroatoms. The Labute approximate surface area is 93.5 Å². The van der Waals surface area contributed by atoms with Crippen molar-refractivity contribution in [1.82, 2.24) is 4.98 Å². The van der Waals surface area contributed by atoms with Crippen LogP contribution in [0.2, 0.25) is 0 Å². The molecule has 1 fully saturated rings. The zero-order chi connectivity index (χ0) is 10.7. The molecule has 0 N–H and O–H groups in total. The van der Waals surface area contributed by atoms with Crippen molar-refractivity contribution in [3.05, 3.63) is 16.1 Å². The summed E-state index contributed by atoms with van der Waals surface area (Å²) < 4.78 is 4.87. The van der Waals surface area contributed by atoms with Gasteiger partial charge in [-0.15, -0.1) is 11.3 Å². The van der Waals surface area contributed by atoms with Crippen LogP contribution in [-0.2, 0) is 22.4 Å². The van der Waals surface area contributed by atoms with Gasteiger partial charge in [0.2, 0.25) is 0 Å². The molecule has 0 saturated heterocycles. The Bertz CT molecular complexity index is 344. The predicted octanol–water partition coefficient (Wildman–Crippen LogP) is 2.20. The molecular weight excluding hydrogens is 210 g/mol. The van der Waals surface area contributed by atoms with E-state index in [1.807, 2.05) is 12.3 Å². The Balaban J connectivity index is 1.85. The first-order valence-corrected chi connectivity index (χ1v) is 6.24. The van der Waals surface area contributed by atoms with E-state index in [0.717, 1.165) is 23.0 Å². The van der Waals surface area contributed by atoms with Gasteiger partial charge in [0.1, 0.15) is 0 Å². The molecule has 1 aliphatic rings. The molecule has 1 aromatic heterocycles. The molecule has 0 amide bonds. The Morgan fingerprint density at radius 2 is 2.47 bits per heavy atom. The van der Waals surface area contributed by atoms with Gasteiger partial charge in [0, 0.05) is 11.8 Å². The van der Waals surface area contributed by atoms with Crippen LogP contribution in [0, 0.1) is 5.92 Å². The first-order chi connectivity index (χ1) is 7.28. The zero-order valence-electron chi connectivity index (χ0n) is 8.86. The number of rotatable bonds is 5. The maximum absolute atomic E-state index is 11.2. The van der Waals surface area contributed by atoms with Gasteiger partial charge in [-0.2, -0.15) is 0 Å². The number of nitrogens with zero attached hydrogens (tertiary/aromatic N) is 1. The summed E-state index contributed by atoms with van der Waals surface area (Å²) in [4.78, 5) is 15.6. The number of thiazole rings is 1. The first-order valence-electron chi connectivity index (χ1n) is 5.37. The molecule has 0 aliphatic heterocycles. The molecule has 0 aromatic carbocycles. The van der Waals surface area contributed by atoms with Crippen LogP contribution in [0.3, 0.4) is 0 Å². The third-order valence-electron chi connectivity index (χ3n) is 2.39. The molecule has 0 radical (unpaired) electrons. The number of carbonyl (C=O) groups excluding carboxylic acids is 1. The summed E-state index contributed by atoms with van der Waals surface area (Å²) in [5.74, 6) is 0.673. The highest BCUT2D eigenvalue weighted by molar-refractivity contribution is 7.09. The van der Waals surface area contributed by atoms with E-state index in [1.165, 1.54) is 12.8 Å². The van der Waals surface area contributed by atoms with E-state index >= 15 is 0 Å². The van der Waals surface area contributed by atoms with Crippen LogP contribution in [0.1, 0.15) is 30.5 Å². The van der Waals surface area contributed by atoms with E-state index < -0.39 is 0 Å².